The van der Waals surface area contributed by atoms with Gasteiger partial charge in [-0.2, -0.15) is 0 Å². The van der Waals surface area contributed by atoms with Crippen LogP contribution in [-0.4, -0.2) is 0 Å². The molecule has 88 valence electrons. The van der Waals surface area contributed by atoms with Crippen LogP contribution in [0.15, 0.2) is 42.5 Å². The van der Waals surface area contributed by atoms with Crippen molar-refractivity contribution in [1.82, 2.24) is 0 Å². The first-order valence-corrected chi connectivity index (χ1v) is 5.18. The SMILES string of the molecule is Nc1cc(OCc2ccccc2)c(N)cc1F. The molecule has 0 unspecified atom stereocenters. The summed E-state index contributed by atoms with van der Waals surface area (Å²) in [6, 6.07) is 12.2. The molecule has 0 fully saturated rings. The van der Waals surface area contributed by atoms with Crippen molar-refractivity contribution in [2.24, 2.45) is 0 Å². The number of rotatable bonds is 3. The fraction of sp³-hybridized carbons (Fsp3) is 0.0769. The lowest BCUT2D eigenvalue weighted by atomic mass is 10.2. The van der Waals surface area contributed by atoms with Crippen LogP contribution in [0.1, 0.15) is 5.56 Å². The van der Waals surface area contributed by atoms with Gasteiger partial charge in [0.15, 0.2) is 0 Å². The van der Waals surface area contributed by atoms with E-state index in [0.717, 1.165) is 11.6 Å². The molecule has 0 aliphatic carbocycles. The zero-order valence-electron chi connectivity index (χ0n) is 9.19. The average molecular weight is 232 g/mol. The van der Waals surface area contributed by atoms with E-state index < -0.39 is 5.82 Å². The highest BCUT2D eigenvalue weighted by atomic mass is 19.1. The Balaban J connectivity index is 2.12. The van der Waals surface area contributed by atoms with Crippen molar-refractivity contribution >= 4 is 11.4 Å². The Morgan fingerprint density at radius 2 is 1.71 bits per heavy atom. The highest BCUT2D eigenvalue weighted by Gasteiger charge is 2.06. The lowest BCUT2D eigenvalue weighted by molar-refractivity contribution is 0.308. The van der Waals surface area contributed by atoms with Gasteiger partial charge >= 0.3 is 0 Å². The third-order valence-corrected chi connectivity index (χ3v) is 2.37. The third kappa shape index (κ3) is 2.66. The number of hydrogen-bond donors (Lipinski definition) is 2. The maximum Gasteiger partial charge on any atom is 0.148 e. The van der Waals surface area contributed by atoms with Crippen LogP contribution in [0, 0.1) is 5.82 Å². The van der Waals surface area contributed by atoms with E-state index in [-0.39, 0.29) is 11.4 Å². The fourth-order valence-electron chi connectivity index (χ4n) is 1.44. The van der Waals surface area contributed by atoms with Gasteiger partial charge in [0.05, 0.1) is 11.4 Å². The summed E-state index contributed by atoms with van der Waals surface area (Å²) in [5, 5.41) is 0. The van der Waals surface area contributed by atoms with Crippen molar-refractivity contribution in [3.05, 3.63) is 53.8 Å². The molecule has 3 nitrogen and oxygen atoms in total. The quantitative estimate of drug-likeness (QED) is 0.799. The largest absolute Gasteiger partial charge is 0.487 e. The molecule has 2 aromatic rings. The Bertz CT molecular complexity index is 514. The average Bonchev–Trinajstić information content (AvgIpc) is 2.33. The zero-order chi connectivity index (χ0) is 12.3. The molecule has 0 saturated carbocycles. The first-order chi connectivity index (χ1) is 8.16. The molecule has 0 atom stereocenters. The summed E-state index contributed by atoms with van der Waals surface area (Å²) in [5.41, 5.74) is 12.4. The maximum atomic E-state index is 13.1. The van der Waals surface area contributed by atoms with Crippen molar-refractivity contribution in [1.29, 1.82) is 0 Å². The molecule has 2 aromatic carbocycles. The number of nitrogens with two attached hydrogens (primary N) is 2. The van der Waals surface area contributed by atoms with Crippen LogP contribution in [0.25, 0.3) is 0 Å². The molecule has 0 amide bonds. The van der Waals surface area contributed by atoms with Crippen molar-refractivity contribution in [2.45, 2.75) is 6.61 Å². The molecular formula is C13H13FN2O. The van der Waals surface area contributed by atoms with Crippen LogP contribution in [0.5, 0.6) is 5.75 Å². The number of halogens is 1. The topological polar surface area (TPSA) is 61.3 Å². The Labute approximate surface area is 98.8 Å². The van der Waals surface area contributed by atoms with Crippen LogP contribution >= 0.6 is 0 Å². The predicted molar refractivity (Wildman–Crippen MR) is 66.0 cm³/mol. The zero-order valence-corrected chi connectivity index (χ0v) is 9.19. The number of anilines is 2. The maximum absolute atomic E-state index is 13.1. The molecule has 0 aromatic heterocycles. The van der Waals surface area contributed by atoms with Gasteiger partial charge in [-0.1, -0.05) is 30.3 Å². The van der Waals surface area contributed by atoms with Crippen LogP contribution in [0.2, 0.25) is 0 Å². The minimum atomic E-state index is -0.533. The van der Waals surface area contributed by atoms with E-state index in [1.807, 2.05) is 30.3 Å². The minimum absolute atomic E-state index is 0.0299. The van der Waals surface area contributed by atoms with E-state index in [0.29, 0.717) is 12.4 Å². The molecule has 0 radical (unpaired) electrons. The van der Waals surface area contributed by atoms with Crippen LogP contribution in [-0.2, 0) is 6.61 Å². The molecule has 0 aliphatic heterocycles. The van der Waals surface area contributed by atoms with E-state index >= 15 is 0 Å². The van der Waals surface area contributed by atoms with Crippen molar-refractivity contribution in [2.75, 3.05) is 11.5 Å². The van der Waals surface area contributed by atoms with Gasteiger partial charge in [0.2, 0.25) is 0 Å². The van der Waals surface area contributed by atoms with E-state index in [4.69, 9.17) is 16.2 Å². The van der Waals surface area contributed by atoms with Gasteiger partial charge in [-0.05, 0) is 5.56 Å². The normalized spacial score (nSPS) is 10.2. The van der Waals surface area contributed by atoms with E-state index in [1.165, 1.54) is 6.07 Å². The molecule has 0 aliphatic rings. The van der Waals surface area contributed by atoms with Crippen molar-refractivity contribution in [3.63, 3.8) is 0 Å². The molecule has 2 rings (SSSR count). The second-order valence-corrected chi connectivity index (χ2v) is 3.69. The second kappa shape index (κ2) is 4.74. The fourth-order valence-corrected chi connectivity index (χ4v) is 1.44. The Kier molecular flexibility index (Phi) is 3.14. The van der Waals surface area contributed by atoms with Crippen molar-refractivity contribution < 1.29 is 9.13 Å². The van der Waals surface area contributed by atoms with E-state index in [9.17, 15) is 4.39 Å². The molecule has 4 heteroatoms. The monoisotopic (exact) mass is 232 g/mol. The molecule has 4 N–H and O–H groups in total. The van der Waals surface area contributed by atoms with Gasteiger partial charge in [0, 0.05) is 12.1 Å². The van der Waals surface area contributed by atoms with Gasteiger partial charge in [0.1, 0.15) is 18.2 Å². The Morgan fingerprint density at radius 1 is 1.00 bits per heavy atom. The summed E-state index contributed by atoms with van der Waals surface area (Å²) >= 11 is 0. The highest BCUT2D eigenvalue weighted by molar-refractivity contribution is 5.60. The van der Waals surface area contributed by atoms with Gasteiger partial charge in [-0.3, -0.25) is 0 Å². The number of nitrogen functional groups attached to an aromatic ring is 2. The number of hydrogen-bond acceptors (Lipinski definition) is 3. The summed E-state index contributed by atoms with van der Waals surface area (Å²) in [7, 11) is 0. The van der Waals surface area contributed by atoms with Gasteiger partial charge in [-0.15, -0.1) is 0 Å². The van der Waals surface area contributed by atoms with Crippen LogP contribution < -0.4 is 16.2 Å². The Hall–Kier alpha value is -2.23. The number of ether oxygens (including phenoxy) is 1. The standard InChI is InChI=1S/C13H13FN2O/c14-10-6-12(16)13(7-11(10)15)17-8-9-4-2-1-3-5-9/h1-7H,8,15-16H2. The van der Waals surface area contributed by atoms with Gasteiger partial charge in [-0.25, -0.2) is 4.39 Å². The van der Waals surface area contributed by atoms with E-state index in [2.05, 4.69) is 0 Å². The smallest absolute Gasteiger partial charge is 0.148 e. The third-order valence-electron chi connectivity index (χ3n) is 2.37. The van der Waals surface area contributed by atoms with Gasteiger partial charge < -0.3 is 16.2 Å². The Morgan fingerprint density at radius 3 is 2.41 bits per heavy atom. The molecular weight excluding hydrogens is 219 g/mol. The lowest BCUT2D eigenvalue weighted by Gasteiger charge is -2.10. The second-order valence-electron chi connectivity index (χ2n) is 3.69. The summed E-state index contributed by atoms with van der Waals surface area (Å²) in [5.74, 6) is -0.137. The minimum Gasteiger partial charge on any atom is -0.487 e. The first kappa shape index (κ1) is 11.3. The van der Waals surface area contributed by atoms with Gasteiger partial charge in [0.25, 0.3) is 0 Å². The number of benzene rings is 2. The molecule has 0 spiro atoms. The molecule has 17 heavy (non-hydrogen) atoms. The molecule has 0 bridgehead atoms. The van der Waals surface area contributed by atoms with Crippen LogP contribution in [0.4, 0.5) is 15.8 Å². The lowest BCUT2D eigenvalue weighted by Crippen LogP contribution is -2.01. The molecule has 0 heterocycles. The first-order valence-electron chi connectivity index (χ1n) is 5.18. The van der Waals surface area contributed by atoms with E-state index in [1.54, 1.807) is 0 Å². The molecule has 0 saturated heterocycles. The summed E-state index contributed by atoms with van der Waals surface area (Å²) in [6.07, 6.45) is 0. The summed E-state index contributed by atoms with van der Waals surface area (Å²) in [6.45, 7) is 0.371. The predicted octanol–water partition coefficient (Wildman–Crippen LogP) is 2.57. The van der Waals surface area contributed by atoms with Crippen LogP contribution in [0.3, 0.4) is 0 Å². The summed E-state index contributed by atoms with van der Waals surface area (Å²) in [4.78, 5) is 0. The van der Waals surface area contributed by atoms with Crippen molar-refractivity contribution in [3.8, 4) is 5.75 Å². The highest BCUT2D eigenvalue weighted by Crippen LogP contribution is 2.27. The summed E-state index contributed by atoms with van der Waals surface area (Å²) < 4.78 is 18.5.